The van der Waals surface area contributed by atoms with E-state index in [-0.39, 0.29) is 16.7 Å². The first kappa shape index (κ1) is 18.5. The predicted molar refractivity (Wildman–Crippen MR) is 74.3 cm³/mol. The number of nitrogens with one attached hydrogen (secondary N) is 1. The Balaban J connectivity index is 2.19. The number of hydrogen-bond donors (Lipinski definition) is 1. The zero-order valence-corrected chi connectivity index (χ0v) is 12.9. The number of halogens is 7. The molecule has 0 aliphatic rings. The zero-order chi connectivity index (χ0) is 18.0. The second-order valence-electron chi connectivity index (χ2n) is 4.19. The van der Waals surface area contributed by atoms with Crippen molar-refractivity contribution in [2.24, 2.45) is 0 Å². The molecule has 0 saturated heterocycles. The van der Waals surface area contributed by atoms with Gasteiger partial charge in [-0.05, 0) is 12.1 Å². The summed E-state index contributed by atoms with van der Waals surface area (Å²) < 4.78 is 81.1. The predicted octanol–water partition coefficient (Wildman–Crippen LogP) is 5.21. The molecule has 0 bridgehead atoms. The summed E-state index contributed by atoms with van der Waals surface area (Å²) in [5.74, 6) is -2.22. The van der Waals surface area contributed by atoms with Gasteiger partial charge in [0, 0.05) is 22.8 Å². The van der Waals surface area contributed by atoms with Crippen molar-refractivity contribution in [2.75, 3.05) is 5.32 Å². The highest BCUT2D eigenvalue weighted by Crippen LogP contribution is 2.37. The van der Waals surface area contributed by atoms with Crippen molar-refractivity contribution in [2.45, 2.75) is 19.3 Å². The van der Waals surface area contributed by atoms with Crippen LogP contribution in [0.3, 0.4) is 0 Å². The number of hydrogen-bond acceptors (Lipinski definition) is 5. The van der Waals surface area contributed by atoms with E-state index in [0.717, 1.165) is 29.5 Å². The molecule has 0 unspecified atom stereocenters. The fourth-order valence-electron chi connectivity index (χ4n) is 1.59. The van der Waals surface area contributed by atoms with Gasteiger partial charge in [-0.2, -0.15) is 0 Å². The van der Waals surface area contributed by atoms with Crippen LogP contribution in [0, 0.1) is 0 Å². The first-order valence-electron chi connectivity index (χ1n) is 6.01. The summed E-state index contributed by atoms with van der Waals surface area (Å²) in [6.07, 6.45) is -8.88. The van der Waals surface area contributed by atoms with Gasteiger partial charge in [0.2, 0.25) is 0 Å². The summed E-state index contributed by atoms with van der Waals surface area (Å²) in [5, 5.41) is 2.72. The van der Waals surface area contributed by atoms with Crippen molar-refractivity contribution in [3.8, 4) is 11.5 Å². The fraction of sp³-hybridized carbons (Fsp3) is 0.250. The Labute approximate surface area is 140 Å². The third-order valence-electron chi connectivity index (χ3n) is 2.39. The van der Waals surface area contributed by atoms with E-state index in [1.807, 2.05) is 0 Å². The van der Waals surface area contributed by atoms with E-state index >= 15 is 0 Å². The molecule has 0 radical (unpaired) electrons. The molecular weight excluding hydrogens is 386 g/mol. The van der Waals surface area contributed by atoms with Crippen LogP contribution in [0.5, 0.6) is 11.5 Å². The number of rotatable bonds is 5. The van der Waals surface area contributed by atoms with Gasteiger partial charge >= 0.3 is 12.7 Å². The van der Waals surface area contributed by atoms with Gasteiger partial charge in [-0.15, -0.1) is 37.7 Å². The van der Waals surface area contributed by atoms with Crippen LogP contribution in [0.2, 0.25) is 4.47 Å². The van der Waals surface area contributed by atoms with Crippen LogP contribution in [0.4, 0.5) is 32.0 Å². The average Bonchev–Trinajstić information content (AvgIpc) is 2.81. The normalized spacial score (nSPS) is 12.1. The Morgan fingerprint density at radius 3 is 2.21 bits per heavy atom. The van der Waals surface area contributed by atoms with Crippen molar-refractivity contribution >= 4 is 28.6 Å². The lowest BCUT2D eigenvalue weighted by Gasteiger charge is -2.16. The van der Waals surface area contributed by atoms with Crippen LogP contribution in [-0.4, -0.2) is 17.7 Å². The molecule has 0 saturated carbocycles. The third-order valence-corrected chi connectivity index (χ3v) is 3.50. The van der Waals surface area contributed by atoms with Gasteiger partial charge < -0.3 is 14.8 Å². The Kier molecular flexibility index (Phi) is 5.33. The summed E-state index contributed by atoms with van der Waals surface area (Å²) in [7, 11) is 0. The molecule has 2 rings (SSSR count). The zero-order valence-electron chi connectivity index (χ0n) is 11.3. The maximum Gasteiger partial charge on any atom is 0.573 e. The summed E-state index contributed by atoms with van der Waals surface area (Å²) in [5.41, 5.74) is 0.0910. The van der Waals surface area contributed by atoms with Crippen LogP contribution in [0.25, 0.3) is 0 Å². The van der Waals surface area contributed by atoms with Gasteiger partial charge in [0.15, 0.2) is 16.0 Å². The molecule has 1 aromatic carbocycles. The minimum Gasteiger partial charge on any atom is -0.402 e. The van der Waals surface area contributed by atoms with Gasteiger partial charge in [-0.1, -0.05) is 11.6 Å². The van der Waals surface area contributed by atoms with E-state index in [2.05, 4.69) is 19.8 Å². The highest BCUT2D eigenvalue weighted by Gasteiger charge is 2.36. The Morgan fingerprint density at radius 1 is 1.04 bits per heavy atom. The number of benzene rings is 1. The molecule has 12 heteroatoms. The van der Waals surface area contributed by atoms with Gasteiger partial charge in [0.1, 0.15) is 0 Å². The molecule has 24 heavy (non-hydrogen) atoms. The molecule has 1 heterocycles. The second kappa shape index (κ2) is 6.93. The summed E-state index contributed by atoms with van der Waals surface area (Å²) in [4.78, 5) is 4.45. The molecule has 0 aliphatic heterocycles. The smallest absolute Gasteiger partial charge is 0.402 e. The molecule has 132 valence electrons. The fourth-order valence-corrected chi connectivity index (χ4v) is 2.50. The molecule has 1 N–H and O–H groups in total. The molecular formula is C12H7ClF6N2O2S. The van der Waals surface area contributed by atoms with E-state index in [9.17, 15) is 26.3 Å². The van der Waals surface area contributed by atoms with E-state index in [1.165, 1.54) is 6.20 Å². The summed E-state index contributed by atoms with van der Waals surface area (Å²) in [6.45, 7) is 0.162. The SMILES string of the molecule is FC(F)(F)Oc1ccc(NCc2cnc(Cl)s2)cc1OC(F)(F)F. The van der Waals surface area contributed by atoms with Gasteiger partial charge in [0.25, 0.3) is 0 Å². The van der Waals surface area contributed by atoms with Crippen LogP contribution in [0.1, 0.15) is 4.88 Å². The first-order chi connectivity index (χ1) is 11.0. The monoisotopic (exact) mass is 392 g/mol. The van der Waals surface area contributed by atoms with E-state index in [0.29, 0.717) is 4.88 Å². The van der Waals surface area contributed by atoms with Crippen molar-refractivity contribution in [3.63, 3.8) is 0 Å². The largest absolute Gasteiger partial charge is 0.573 e. The van der Waals surface area contributed by atoms with Crippen LogP contribution in [0.15, 0.2) is 24.4 Å². The lowest BCUT2D eigenvalue weighted by Crippen LogP contribution is -2.21. The quantitative estimate of drug-likeness (QED) is 0.710. The molecule has 1 aromatic heterocycles. The first-order valence-corrected chi connectivity index (χ1v) is 7.21. The van der Waals surface area contributed by atoms with Gasteiger partial charge in [-0.3, -0.25) is 0 Å². The average molecular weight is 393 g/mol. The molecule has 0 atom stereocenters. The highest BCUT2D eigenvalue weighted by molar-refractivity contribution is 7.15. The Hall–Kier alpha value is -1.88. The summed E-state index contributed by atoms with van der Waals surface area (Å²) in [6, 6.07) is 2.58. The molecule has 4 nitrogen and oxygen atoms in total. The highest BCUT2D eigenvalue weighted by atomic mass is 35.5. The molecule has 0 fully saturated rings. The molecule has 0 amide bonds. The number of aromatic nitrogens is 1. The molecule has 0 spiro atoms. The lowest BCUT2D eigenvalue weighted by atomic mass is 10.2. The van der Waals surface area contributed by atoms with E-state index in [1.54, 1.807) is 0 Å². The number of anilines is 1. The maximum atomic E-state index is 12.3. The Bertz CT molecular complexity index is 704. The van der Waals surface area contributed by atoms with E-state index < -0.39 is 24.2 Å². The minimum atomic E-state index is -5.17. The maximum absolute atomic E-state index is 12.3. The van der Waals surface area contributed by atoms with Crippen LogP contribution >= 0.6 is 22.9 Å². The number of alkyl halides is 6. The Morgan fingerprint density at radius 2 is 1.67 bits per heavy atom. The number of ether oxygens (including phenoxy) is 2. The van der Waals surface area contributed by atoms with Crippen molar-refractivity contribution in [1.29, 1.82) is 0 Å². The van der Waals surface area contributed by atoms with Crippen molar-refractivity contribution < 1.29 is 35.8 Å². The topological polar surface area (TPSA) is 43.4 Å². The van der Waals surface area contributed by atoms with Crippen molar-refractivity contribution in [3.05, 3.63) is 33.7 Å². The lowest BCUT2D eigenvalue weighted by molar-refractivity contribution is -0.287. The van der Waals surface area contributed by atoms with Gasteiger partial charge in [-0.25, -0.2) is 4.98 Å². The molecule has 2 aromatic rings. The van der Waals surface area contributed by atoms with Crippen LogP contribution < -0.4 is 14.8 Å². The second-order valence-corrected chi connectivity index (χ2v) is 5.89. The third kappa shape index (κ3) is 5.96. The van der Waals surface area contributed by atoms with Crippen LogP contribution in [-0.2, 0) is 6.54 Å². The summed E-state index contributed by atoms with van der Waals surface area (Å²) >= 11 is 6.77. The number of nitrogens with zero attached hydrogens (tertiary/aromatic N) is 1. The van der Waals surface area contributed by atoms with Gasteiger partial charge in [0.05, 0.1) is 6.54 Å². The van der Waals surface area contributed by atoms with E-state index in [4.69, 9.17) is 11.6 Å². The minimum absolute atomic E-state index is 0.0910. The molecule has 0 aliphatic carbocycles. The van der Waals surface area contributed by atoms with Crippen molar-refractivity contribution in [1.82, 2.24) is 4.98 Å². The number of thiazole rings is 1. The standard InChI is InChI=1S/C12H7ClF6N2O2S/c13-10-21-5-7(24-10)4-20-6-1-2-8(22-11(14,15)16)9(3-6)23-12(17,18)19/h1-3,5,20H,4H2.